The highest BCUT2D eigenvalue weighted by Gasteiger charge is 2.34. The van der Waals surface area contributed by atoms with Crippen LogP contribution in [0.15, 0.2) is 46.8 Å². The molecule has 0 fully saturated rings. The van der Waals surface area contributed by atoms with Gasteiger partial charge in [0, 0.05) is 52.4 Å². The van der Waals surface area contributed by atoms with Crippen molar-refractivity contribution in [1.82, 2.24) is 25.6 Å². The van der Waals surface area contributed by atoms with E-state index >= 15 is 0 Å². The van der Waals surface area contributed by atoms with E-state index in [-0.39, 0.29) is 46.5 Å². The number of aromatic nitrogens is 3. The minimum Gasteiger partial charge on any atom is -0.395 e. The second kappa shape index (κ2) is 11.2. The van der Waals surface area contributed by atoms with Crippen LogP contribution in [0.4, 0.5) is 23.8 Å². The molecule has 0 aliphatic carbocycles. The Balaban J connectivity index is 1.79. The molecule has 204 valence electrons. The fourth-order valence-electron chi connectivity index (χ4n) is 3.70. The Hall–Kier alpha value is -4.30. The van der Waals surface area contributed by atoms with Gasteiger partial charge in [0.1, 0.15) is 16.4 Å². The van der Waals surface area contributed by atoms with Crippen LogP contribution in [0, 0.1) is 0 Å². The summed E-state index contributed by atoms with van der Waals surface area (Å²) in [5.41, 5.74) is -0.159. The van der Waals surface area contributed by atoms with Gasteiger partial charge in [-0.1, -0.05) is 6.07 Å². The molecule has 0 bridgehead atoms. The number of nitrogens with zero attached hydrogens (tertiary/aromatic N) is 2. The van der Waals surface area contributed by atoms with E-state index < -0.39 is 29.2 Å². The van der Waals surface area contributed by atoms with Crippen LogP contribution in [-0.2, 0) is 6.18 Å². The van der Waals surface area contributed by atoms with Crippen molar-refractivity contribution in [3.63, 3.8) is 0 Å². The van der Waals surface area contributed by atoms with Gasteiger partial charge in [-0.2, -0.15) is 13.2 Å². The maximum Gasteiger partial charge on any atom is 0.434 e. The lowest BCUT2D eigenvalue weighted by Gasteiger charge is -2.13. The van der Waals surface area contributed by atoms with Crippen LogP contribution in [-0.4, -0.2) is 51.2 Å². The van der Waals surface area contributed by atoms with Crippen molar-refractivity contribution in [3.05, 3.63) is 63.5 Å². The van der Waals surface area contributed by atoms with Crippen LogP contribution < -0.4 is 21.4 Å². The molecular weight excluding hydrogens is 537 g/mol. The van der Waals surface area contributed by atoms with E-state index in [1.54, 1.807) is 26.0 Å². The number of carbonyl (C=O) groups is 2. The van der Waals surface area contributed by atoms with Gasteiger partial charge in [0.15, 0.2) is 5.69 Å². The summed E-state index contributed by atoms with van der Waals surface area (Å²) in [6.07, 6.45) is -1.99. The minimum atomic E-state index is -4.64. The first-order valence-corrected chi connectivity index (χ1v) is 12.5. The van der Waals surface area contributed by atoms with E-state index in [1.807, 2.05) is 0 Å². The third-order valence-corrected chi connectivity index (χ3v) is 6.30. The SMILES string of the molecule is CC(C)NC(=O)Nc1cc(-c2nc(C(F)(F)F)cs2)c(-c2ccc3c(=O)c(C(=O)NCCO)c[nH]c3c2)cn1. The fourth-order valence-corrected chi connectivity index (χ4v) is 4.55. The number of carbonyl (C=O) groups excluding carboxylic acids is 2. The Labute approximate surface area is 223 Å². The highest BCUT2D eigenvalue weighted by Crippen LogP contribution is 2.38. The molecular formula is C25H23F3N6O4S. The first kappa shape index (κ1) is 27.7. The number of hydrogen-bond donors (Lipinski definition) is 5. The first-order chi connectivity index (χ1) is 18.5. The molecule has 0 aliphatic heterocycles. The smallest absolute Gasteiger partial charge is 0.395 e. The van der Waals surface area contributed by atoms with Crippen LogP contribution >= 0.6 is 11.3 Å². The second-order valence-corrected chi connectivity index (χ2v) is 9.53. The van der Waals surface area contributed by atoms with Gasteiger partial charge in [-0.25, -0.2) is 14.8 Å². The number of rotatable bonds is 7. The number of aliphatic hydroxyl groups excluding tert-OH is 1. The summed E-state index contributed by atoms with van der Waals surface area (Å²) >= 11 is 0.787. The minimum absolute atomic E-state index is 0.0121. The van der Waals surface area contributed by atoms with E-state index in [1.165, 1.54) is 24.5 Å². The number of benzene rings is 1. The number of pyridine rings is 2. The molecule has 4 aromatic rings. The molecule has 10 nitrogen and oxygen atoms in total. The number of amides is 3. The number of urea groups is 1. The van der Waals surface area contributed by atoms with Crippen LogP contribution in [0.2, 0.25) is 0 Å². The Morgan fingerprint density at radius 2 is 1.95 bits per heavy atom. The zero-order valence-electron chi connectivity index (χ0n) is 20.6. The van der Waals surface area contributed by atoms with Crippen LogP contribution in [0.1, 0.15) is 29.9 Å². The van der Waals surface area contributed by atoms with Crippen molar-refractivity contribution in [2.45, 2.75) is 26.1 Å². The molecule has 14 heteroatoms. The number of hydrogen-bond acceptors (Lipinski definition) is 7. The van der Waals surface area contributed by atoms with Gasteiger partial charge in [-0.05, 0) is 37.6 Å². The lowest BCUT2D eigenvalue weighted by atomic mass is 10.00. The third kappa shape index (κ3) is 6.23. The molecule has 0 radical (unpaired) electrons. The lowest BCUT2D eigenvalue weighted by Crippen LogP contribution is -2.34. The number of alkyl halides is 3. The summed E-state index contributed by atoms with van der Waals surface area (Å²) in [7, 11) is 0. The van der Waals surface area contributed by atoms with Gasteiger partial charge in [0.05, 0.1) is 6.61 Å². The van der Waals surface area contributed by atoms with E-state index in [2.05, 4.69) is 30.9 Å². The molecule has 4 rings (SSSR count). The lowest BCUT2D eigenvalue weighted by molar-refractivity contribution is -0.140. The molecule has 0 unspecified atom stereocenters. The number of aliphatic hydroxyl groups is 1. The van der Waals surface area contributed by atoms with Crippen molar-refractivity contribution >= 4 is 40.0 Å². The highest BCUT2D eigenvalue weighted by atomic mass is 32.1. The Morgan fingerprint density at radius 3 is 2.62 bits per heavy atom. The number of fused-ring (bicyclic) bond motifs is 1. The molecule has 0 aliphatic rings. The van der Waals surface area contributed by atoms with Crippen LogP contribution in [0.5, 0.6) is 0 Å². The monoisotopic (exact) mass is 560 g/mol. The average Bonchev–Trinajstić information content (AvgIpc) is 3.38. The molecule has 3 heterocycles. The molecule has 0 saturated carbocycles. The predicted octanol–water partition coefficient (Wildman–Crippen LogP) is 3.98. The Kier molecular flexibility index (Phi) is 7.97. The van der Waals surface area contributed by atoms with E-state index in [0.29, 0.717) is 16.6 Å². The largest absolute Gasteiger partial charge is 0.434 e. The van der Waals surface area contributed by atoms with E-state index in [0.717, 1.165) is 16.7 Å². The quantitative estimate of drug-likeness (QED) is 0.231. The zero-order valence-corrected chi connectivity index (χ0v) is 21.5. The predicted molar refractivity (Wildman–Crippen MR) is 141 cm³/mol. The summed E-state index contributed by atoms with van der Waals surface area (Å²) in [5, 5.41) is 17.7. The van der Waals surface area contributed by atoms with Crippen molar-refractivity contribution in [1.29, 1.82) is 0 Å². The third-order valence-electron chi connectivity index (χ3n) is 5.42. The highest BCUT2D eigenvalue weighted by molar-refractivity contribution is 7.13. The normalized spacial score (nSPS) is 11.6. The number of H-pyrrole nitrogens is 1. The van der Waals surface area contributed by atoms with Gasteiger partial charge in [0.25, 0.3) is 5.91 Å². The molecule has 1 aromatic carbocycles. The molecule has 3 amide bonds. The topological polar surface area (TPSA) is 149 Å². The summed E-state index contributed by atoms with van der Waals surface area (Å²) in [6, 6.07) is 5.40. The van der Waals surface area contributed by atoms with Gasteiger partial charge < -0.3 is 20.7 Å². The van der Waals surface area contributed by atoms with Crippen molar-refractivity contribution in [2.24, 2.45) is 0 Å². The Bertz CT molecular complexity index is 1600. The van der Waals surface area contributed by atoms with Gasteiger partial charge in [-0.15, -0.1) is 11.3 Å². The maximum absolute atomic E-state index is 13.3. The molecule has 0 spiro atoms. The summed E-state index contributed by atoms with van der Waals surface area (Å²) in [4.78, 5) is 48.2. The summed E-state index contributed by atoms with van der Waals surface area (Å²) < 4.78 is 39.8. The van der Waals surface area contributed by atoms with Crippen molar-refractivity contribution in [3.8, 4) is 21.7 Å². The average molecular weight is 561 g/mol. The standard InChI is InChI=1S/C25H23F3N6O4S/c1-12(2)32-24(38)34-20-8-15(23-33-19(11-39-23)25(26,27)28)16(9-31-20)13-3-4-14-18(7-13)30-10-17(21(14)36)22(37)29-5-6-35/h3-4,7-12,35H,5-6H2,1-2H3,(H,29,37)(H,30,36)(H2,31,32,34,38). The fraction of sp³-hybridized carbons (Fsp3) is 0.240. The molecule has 3 aromatic heterocycles. The maximum atomic E-state index is 13.3. The molecule has 0 saturated heterocycles. The zero-order chi connectivity index (χ0) is 28.3. The molecule has 5 N–H and O–H groups in total. The number of thiazole rings is 1. The molecule has 0 atom stereocenters. The van der Waals surface area contributed by atoms with Crippen LogP contribution in [0.3, 0.4) is 0 Å². The van der Waals surface area contributed by atoms with Crippen LogP contribution in [0.25, 0.3) is 32.6 Å². The van der Waals surface area contributed by atoms with Crippen molar-refractivity contribution in [2.75, 3.05) is 18.5 Å². The van der Waals surface area contributed by atoms with Gasteiger partial charge >= 0.3 is 12.2 Å². The van der Waals surface area contributed by atoms with E-state index in [9.17, 15) is 27.6 Å². The number of aromatic amines is 1. The summed E-state index contributed by atoms with van der Waals surface area (Å²) in [5.74, 6) is -0.542. The molecule has 39 heavy (non-hydrogen) atoms. The van der Waals surface area contributed by atoms with Gasteiger partial charge in [-0.3, -0.25) is 14.9 Å². The number of halogens is 3. The van der Waals surface area contributed by atoms with Crippen molar-refractivity contribution < 1.29 is 27.9 Å². The second-order valence-electron chi connectivity index (χ2n) is 8.68. The summed E-state index contributed by atoms with van der Waals surface area (Å²) in [6.45, 7) is 3.24. The van der Waals surface area contributed by atoms with Gasteiger partial charge in [0.2, 0.25) is 5.43 Å². The number of anilines is 1. The Morgan fingerprint density at radius 1 is 1.18 bits per heavy atom. The number of nitrogens with one attached hydrogen (secondary N) is 4. The first-order valence-electron chi connectivity index (χ1n) is 11.6. The van der Waals surface area contributed by atoms with E-state index in [4.69, 9.17) is 5.11 Å².